The lowest BCUT2D eigenvalue weighted by Crippen LogP contribution is -2.26. The number of rotatable bonds is 4. The number of nitrogens with zero attached hydrogens (tertiary/aromatic N) is 1. The summed E-state index contributed by atoms with van der Waals surface area (Å²) >= 11 is 3.03. The number of hydrogen-bond acceptors (Lipinski definition) is 7. The molecule has 0 radical (unpaired) electrons. The van der Waals surface area contributed by atoms with E-state index in [9.17, 15) is 28.3 Å². The fourth-order valence-corrected chi connectivity index (χ4v) is 3.14. The largest absolute Gasteiger partial charge is 0.573 e. The van der Waals surface area contributed by atoms with E-state index in [1.807, 2.05) is 0 Å². The average molecular weight is 463 g/mol. The molecule has 2 rings (SSSR count). The van der Waals surface area contributed by atoms with Crippen molar-refractivity contribution in [3.05, 3.63) is 45.0 Å². The van der Waals surface area contributed by atoms with Gasteiger partial charge in [0.25, 0.3) is 0 Å². The molecule has 0 spiro atoms. The quantitative estimate of drug-likeness (QED) is 0.655. The first-order chi connectivity index (χ1) is 13.0. The molecule has 11 heteroatoms. The average Bonchev–Trinajstić information content (AvgIpc) is 2.56. The number of phenolic OH excluding ortho intramolecular Hbond substituents is 1. The van der Waals surface area contributed by atoms with Gasteiger partial charge in [0, 0.05) is 10.0 Å². The fourth-order valence-electron chi connectivity index (χ4n) is 2.68. The molecule has 0 fully saturated rings. The van der Waals surface area contributed by atoms with E-state index in [4.69, 9.17) is 15.2 Å². The Balaban J connectivity index is 2.74. The highest BCUT2D eigenvalue weighted by Crippen LogP contribution is 2.47. The number of aromatic hydroxyl groups is 1. The maximum absolute atomic E-state index is 12.7. The van der Waals surface area contributed by atoms with Gasteiger partial charge >= 0.3 is 12.3 Å². The Morgan fingerprint density at radius 1 is 1.46 bits per heavy atom. The Hall–Kier alpha value is -2.87. The lowest BCUT2D eigenvalue weighted by Gasteiger charge is -2.27. The summed E-state index contributed by atoms with van der Waals surface area (Å²) in [6.45, 7) is 2.92. The van der Waals surface area contributed by atoms with E-state index < -0.39 is 29.7 Å². The minimum Gasteiger partial charge on any atom is -0.504 e. The summed E-state index contributed by atoms with van der Waals surface area (Å²) < 4.78 is 52.1. The van der Waals surface area contributed by atoms with Gasteiger partial charge in [-0.15, -0.1) is 13.2 Å². The molecule has 150 valence electrons. The Labute approximate surface area is 165 Å². The van der Waals surface area contributed by atoms with Crippen molar-refractivity contribution in [3.63, 3.8) is 0 Å². The van der Waals surface area contributed by atoms with Gasteiger partial charge in [-0.2, -0.15) is 5.26 Å². The zero-order valence-corrected chi connectivity index (χ0v) is 16.1. The van der Waals surface area contributed by atoms with Crippen LogP contribution < -0.4 is 10.5 Å². The second-order valence-corrected chi connectivity index (χ2v) is 6.42. The van der Waals surface area contributed by atoms with Crippen LogP contribution in [0.3, 0.4) is 0 Å². The zero-order valence-electron chi connectivity index (χ0n) is 14.6. The van der Waals surface area contributed by atoms with Gasteiger partial charge in [-0.1, -0.05) is 15.9 Å². The standard InChI is InChI=1S/C17H14BrF3N2O5/c1-3-26-16(25)12-7(2)27-15(23)10(6-22)13(12)9-4-8(18)5-11(14(9)24)28-17(19,20)21/h4-5,13,24H,3,23H2,1-2H3. The third-order valence-corrected chi connectivity index (χ3v) is 4.16. The van der Waals surface area contributed by atoms with Gasteiger partial charge < -0.3 is 25.1 Å². The highest BCUT2D eigenvalue weighted by Gasteiger charge is 2.40. The molecule has 1 aliphatic heterocycles. The molecular formula is C17H14BrF3N2O5. The van der Waals surface area contributed by atoms with E-state index in [1.54, 1.807) is 13.0 Å². The van der Waals surface area contributed by atoms with Gasteiger partial charge in [0.15, 0.2) is 11.5 Å². The van der Waals surface area contributed by atoms with Crippen LogP contribution in [0.15, 0.2) is 39.4 Å². The van der Waals surface area contributed by atoms with Gasteiger partial charge in [-0.05, 0) is 26.0 Å². The molecule has 0 amide bonds. The van der Waals surface area contributed by atoms with E-state index >= 15 is 0 Å². The van der Waals surface area contributed by atoms with E-state index in [0.717, 1.165) is 6.07 Å². The smallest absolute Gasteiger partial charge is 0.504 e. The number of nitrogens with two attached hydrogens (primary N) is 1. The van der Waals surface area contributed by atoms with E-state index in [0.29, 0.717) is 0 Å². The number of benzene rings is 1. The number of phenols is 1. The predicted molar refractivity (Wildman–Crippen MR) is 92.5 cm³/mol. The lowest BCUT2D eigenvalue weighted by atomic mass is 9.82. The van der Waals surface area contributed by atoms with Crippen molar-refractivity contribution in [3.8, 4) is 17.6 Å². The van der Waals surface area contributed by atoms with Crippen molar-refractivity contribution in [2.24, 2.45) is 5.73 Å². The second kappa shape index (κ2) is 8.02. The first kappa shape index (κ1) is 21.4. The first-order valence-electron chi connectivity index (χ1n) is 7.73. The first-order valence-corrected chi connectivity index (χ1v) is 8.53. The fraction of sp³-hybridized carbons (Fsp3) is 0.294. The minimum atomic E-state index is -5.08. The van der Waals surface area contributed by atoms with Crippen LogP contribution in [0.1, 0.15) is 25.3 Å². The van der Waals surface area contributed by atoms with Crippen molar-refractivity contribution in [2.75, 3.05) is 6.61 Å². The molecule has 1 aromatic carbocycles. The Morgan fingerprint density at radius 3 is 2.64 bits per heavy atom. The normalized spacial score (nSPS) is 17.1. The molecule has 0 saturated carbocycles. The summed E-state index contributed by atoms with van der Waals surface area (Å²) in [6.07, 6.45) is -5.08. The van der Waals surface area contributed by atoms with Crippen LogP contribution in [-0.2, 0) is 14.3 Å². The molecule has 7 nitrogen and oxygen atoms in total. The third-order valence-electron chi connectivity index (χ3n) is 3.71. The summed E-state index contributed by atoms with van der Waals surface area (Å²) in [5.41, 5.74) is 5.03. The zero-order chi connectivity index (χ0) is 21.2. The number of halogens is 4. The predicted octanol–water partition coefficient (Wildman–Crippen LogP) is 3.70. The molecule has 0 bridgehead atoms. The van der Waals surface area contributed by atoms with Crippen LogP contribution in [0.5, 0.6) is 11.5 Å². The van der Waals surface area contributed by atoms with Gasteiger partial charge in [0.1, 0.15) is 17.4 Å². The molecule has 1 aromatic rings. The lowest BCUT2D eigenvalue weighted by molar-refractivity contribution is -0.275. The number of ether oxygens (including phenoxy) is 3. The molecule has 1 unspecified atom stereocenters. The number of carbonyl (C=O) groups is 1. The summed E-state index contributed by atoms with van der Waals surface area (Å²) in [6, 6.07) is 3.90. The summed E-state index contributed by atoms with van der Waals surface area (Å²) in [4.78, 5) is 12.4. The van der Waals surface area contributed by atoms with Crippen LogP contribution in [0, 0.1) is 11.3 Å². The molecule has 1 aliphatic rings. The van der Waals surface area contributed by atoms with Crippen molar-refractivity contribution >= 4 is 21.9 Å². The van der Waals surface area contributed by atoms with Crippen LogP contribution >= 0.6 is 15.9 Å². The van der Waals surface area contributed by atoms with E-state index in [2.05, 4.69) is 20.7 Å². The number of alkyl halides is 3. The third kappa shape index (κ3) is 4.33. The van der Waals surface area contributed by atoms with Gasteiger partial charge in [-0.25, -0.2) is 4.79 Å². The molecule has 0 saturated heterocycles. The van der Waals surface area contributed by atoms with Crippen LogP contribution in [0.4, 0.5) is 13.2 Å². The van der Waals surface area contributed by atoms with Crippen molar-refractivity contribution in [1.82, 2.24) is 0 Å². The van der Waals surface area contributed by atoms with Crippen molar-refractivity contribution in [1.29, 1.82) is 5.26 Å². The molecule has 28 heavy (non-hydrogen) atoms. The highest BCUT2D eigenvalue weighted by atomic mass is 79.9. The van der Waals surface area contributed by atoms with E-state index in [-0.39, 0.29) is 39.4 Å². The molecule has 1 atom stereocenters. The number of allylic oxidation sites excluding steroid dienone is 2. The SMILES string of the molecule is CCOC(=O)C1=C(C)OC(N)=C(C#N)C1c1cc(Br)cc(OC(F)(F)F)c1O. The maximum Gasteiger partial charge on any atom is 0.573 e. The molecule has 3 N–H and O–H groups in total. The monoisotopic (exact) mass is 462 g/mol. The second-order valence-electron chi connectivity index (χ2n) is 5.50. The Morgan fingerprint density at radius 2 is 2.11 bits per heavy atom. The Kier molecular flexibility index (Phi) is 6.14. The number of nitriles is 1. The summed E-state index contributed by atoms with van der Waals surface area (Å²) in [5, 5.41) is 19.9. The van der Waals surface area contributed by atoms with Gasteiger partial charge in [0.05, 0.1) is 18.1 Å². The van der Waals surface area contributed by atoms with Crippen molar-refractivity contribution in [2.45, 2.75) is 26.1 Å². The highest BCUT2D eigenvalue weighted by molar-refractivity contribution is 9.10. The number of esters is 1. The Bertz CT molecular complexity index is 919. The minimum absolute atomic E-state index is 0.00365. The molecule has 0 aromatic heterocycles. The molecule has 1 heterocycles. The van der Waals surface area contributed by atoms with Crippen molar-refractivity contribution < 1.29 is 37.3 Å². The molecule has 0 aliphatic carbocycles. The van der Waals surface area contributed by atoms with Crippen LogP contribution in [0.25, 0.3) is 0 Å². The van der Waals surface area contributed by atoms with Gasteiger partial charge in [-0.3, -0.25) is 0 Å². The number of carbonyl (C=O) groups excluding carboxylic acids is 1. The molecular weight excluding hydrogens is 449 g/mol. The summed E-state index contributed by atoms with van der Waals surface area (Å²) in [7, 11) is 0. The van der Waals surface area contributed by atoms with E-state index in [1.165, 1.54) is 13.0 Å². The van der Waals surface area contributed by atoms with Gasteiger partial charge in [0.2, 0.25) is 5.88 Å². The topological polar surface area (TPSA) is 115 Å². The van der Waals surface area contributed by atoms with Crippen LogP contribution in [0.2, 0.25) is 0 Å². The number of hydrogen-bond donors (Lipinski definition) is 2. The summed E-state index contributed by atoms with van der Waals surface area (Å²) in [5.74, 6) is -4.40. The van der Waals surface area contributed by atoms with Crippen LogP contribution in [-0.4, -0.2) is 24.0 Å². The maximum atomic E-state index is 12.7.